The van der Waals surface area contributed by atoms with Crippen LogP contribution in [0.3, 0.4) is 0 Å². The summed E-state index contributed by atoms with van der Waals surface area (Å²) in [5.41, 5.74) is 0. The topological polar surface area (TPSA) is 181 Å². The molecule has 0 heterocycles. The van der Waals surface area contributed by atoms with Crippen LogP contribution in [0.5, 0.6) is 0 Å². The Labute approximate surface area is 128 Å². The van der Waals surface area contributed by atoms with Crippen LogP contribution in [0.15, 0.2) is 0 Å². The molecule has 0 aliphatic carbocycles. The molecule has 0 amide bonds. The average Bonchev–Trinajstić information content (AvgIpc) is 2.18. The molecule has 0 fully saturated rings. The molecule has 9 nitrogen and oxygen atoms in total. The molecule has 19 heavy (non-hydrogen) atoms. The zero-order valence-electron chi connectivity index (χ0n) is 10.6. The van der Waals surface area contributed by atoms with Gasteiger partial charge in [0.15, 0.2) is 0 Å². The average molecular weight is 382 g/mol. The largest absolute Gasteiger partial charge is 3.00 e. The first kappa shape index (κ1) is 26.7. The molecule has 3 atom stereocenters. The first-order valence-corrected chi connectivity index (χ1v) is 4.60. The SMILES string of the molecule is CC(O)C(=O)[O-].CC(O)C(=O)[O-].CC(O)C(=O)[O-].[In+3]. The third-order valence-corrected chi connectivity index (χ3v) is 1.02. The monoisotopic (exact) mass is 382 g/mol. The van der Waals surface area contributed by atoms with Crippen molar-refractivity contribution in [3.8, 4) is 0 Å². The maximum Gasteiger partial charge on any atom is 3.00 e. The molecule has 0 bridgehead atoms. The van der Waals surface area contributed by atoms with Gasteiger partial charge in [0.1, 0.15) is 0 Å². The summed E-state index contributed by atoms with van der Waals surface area (Å²) >= 11 is 0. The summed E-state index contributed by atoms with van der Waals surface area (Å²) in [4.78, 5) is 28.0. The van der Waals surface area contributed by atoms with Gasteiger partial charge in [-0.05, 0) is 20.8 Å². The van der Waals surface area contributed by atoms with E-state index in [9.17, 15) is 29.7 Å². The van der Waals surface area contributed by atoms with Gasteiger partial charge in [0.25, 0.3) is 0 Å². The van der Waals surface area contributed by atoms with Crippen molar-refractivity contribution in [2.45, 2.75) is 39.1 Å². The molecule has 10 heteroatoms. The Kier molecular flexibility index (Phi) is 21.4. The fourth-order valence-electron chi connectivity index (χ4n) is 0. The van der Waals surface area contributed by atoms with Gasteiger partial charge in [-0.3, -0.25) is 0 Å². The van der Waals surface area contributed by atoms with Crippen molar-refractivity contribution in [2.75, 3.05) is 0 Å². The Morgan fingerprint density at radius 2 is 0.737 bits per heavy atom. The van der Waals surface area contributed by atoms with E-state index in [-0.39, 0.29) is 25.8 Å². The van der Waals surface area contributed by atoms with Crippen LogP contribution in [-0.4, -0.2) is 77.4 Å². The van der Waals surface area contributed by atoms with Crippen molar-refractivity contribution in [1.82, 2.24) is 0 Å². The van der Waals surface area contributed by atoms with E-state index in [1.165, 1.54) is 0 Å². The molecule has 0 aliphatic heterocycles. The molecule has 0 saturated heterocycles. The van der Waals surface area contributed by atoms with Gasteiger partial charge in [0.05, 0.1) is 36.2 Å². The van der Waals surface area contributed by atoms with E-state index in [2.05, 4.69) is 0 Å². The van der Waals surface area contributed by atoms with Crippen LogP contribution < -0.4 is 15.3 Å². The number of hydrogen-bond acceptors (Lipinski definition) is 9. The van der Waals surface area contributed by atoms with Gasteiger partial charge in [-0.2, -0.15) is 0 Å². The zero-order chi connectivity index (χ0) is 15.5. The van der Waals surface area contributed by atoms with Gasteiger partial charge in [-0.25, -0.2) is 0 Å². The molecule has 108 valence electrons. The van der Waals surface area contributed by atoms with Crippen molar-refractivity contribution in [3.63, 3.8) is 0 Å². The van der Waals surface area contributed by atoms with E-state index in [4.69, 9.17) is 15.3 Å². The fourth-order valence-corrected chi connectivity index (χ4v) is 0. The van der Waals surface area contributed by atoms with Crippen LogP contribution in [-0.2, 0) is 14.4 Å². The summed E-state index contributed by atoms with van der Waals surface area (Å²) < 4.78 is 0. The number of carbonyl (C=O) groups excluding carboxylic acids is 3. The van der Waals surface area contributed by atoms with Crippen molar-refractivity contribution < 1.29 is 45.0 Å². The third-order valence-electron chi connectivity index (χ3n) is 1.02. The number of aliphatic hydroxyl groups excluding tert-OH is 3. The van der Waals surface area contributed by atoms with Crippen LogP contribution in [0, 0.1) is 0 Å². The van der Waals surface area contributed by atoms with Gasteiger partial charge < -0.3 is 45.0 Å². The maximum atomic E-state index is 9.34. The van der Waals surface area contributed by atoms with E-state index in [1.54, 1.807) is 0 Å². The fraction of sp³-hybridized carbons (Fsp3) is 0.667. The number of carboxylic acid groups (broad SMARTS) is 3. The molecule has 0 aromatic carbocycles. The summed E-state index contributed by atoms with van der Waals surface area (Å²) in [6.45, 7) is 3.40. The van der Waals surface area contributed by atoms with Crippen LogP contribution in [0.25, 0.3) is 0 Å². The van der Waals surface area contributed by atoms with Gasteiger partial charge in [-0.15, -0.1) is 0 Å². The molecule has 0 saturated carbocycles. The minimum atomic E-state index is -1.44. The van der Waals surface area contributed by atoms with Crippen LogP contribution >= 0.6 is 0 Å². The van der Waals surface area contributed by atoms with Crippen molar-refractivity contribution >= 4 is 43.8 Å². The van der Waals surface area contributed by atoms with Crippen molar-refractivity contribution in [2.24, 2.45) is 0 Å². The molecule has 0 aromatic heterocycles. The molecule has 0 rings (SSSR count). The summed E-state index contributed by atoms with van der Waals surface area (Å²) in [6, 6.07) is 0. The summed E-state index contributed by atoms with van der Waals surface area (Å²) in [5.74, 6) is -4.31. The summed E-state index contributed by atoms with van der Waals surface area (Å²) in [7, 11) is 0. The molecule has 0 aliphatic rings. The second kappa shape index (κ2) is 15.2. The van der Waals surface area contributed by atoms with E-state index in [0.717, 1.165) is 20.8 Å². The van der Waals surface area contributed by atoms with Gasteiger partial charge in [0, 0.05) is 0 Å². The van der Waals surface area contributed by atoms with Crippen molar-refractivity contribution in [3.05, 3.63) is 0 Å². The Morgan fingerprint density at radius 1 is 0.684 bits per heavy atom. The van der Waals surface area contributed by atoms with E-state index in [1.807, 2.05) is 0 Å². The minimum Gasteiger partial charge on any atom is -0.547 e. The molecule has 3 unspecified atom stereocenters. The Balaban J connectivity index is -0.0000000865. The first-order valence-electron chi connectivity index (χ1n) is 4.60. The van der Waals surface area contributed by atoms with Crippen LogP contribution in [0.2, 0.25) is 0 Å². The third kappa shape index (κ3) is 31.7. The van der Waals surface area contributed by atoms with Gasteiger partial charge in [-0.1, -0.05) is 0 Å². The zero-order valence-corrected chi connectivity index (χ0v) is 13.9. The Bertz CT molecular complexity index is 220. The van der Waals surface area contributed by atoms with Crippen molar-refractivity contribution in [1.29, 1.82) is 0 Å². The molecular weight excluding hydrogens is 367 g/mol. The number of carboxylic acids is 3. The van der Waals surface area contributed by atoms with E-state index in [0.29, 0.717) is 0 Å². The first-order chi connectivity index (χ1) is 7.93. The normalized spacial score (nSPS) is 12.9. The maximum absolute atomic E-state index is 9.34. The summed E-state index contributed by atoms with van der Waals surface area (Å²) in [5, 5.41) is 51.9. The number of carbonyl (C=O) groups is 3. The van der Waals surface area contributed by atoms with Crippen LogP contribution in [0.1, 0.15) is 20.8 Å². The second-order valence-electron chi connectivity index (χ2n) is 2.99. The smallest absolute Gasteiger partial charge is 0.547 e. The van der Waals surface area contributed by atoms with E-state index >= 15 is 0 Å². The number of hydrogen-bond donors (Lipinski definition) is 3. The number of aliphatic hydroxyl groups is 3. The number of aliphatic carboxylic acids is 3. The minimum absolute atomic E-state index is 0. The summed E-state index contributed by atoms with van der Waals surface area (Å²) in [6.07, 6.45) is -4.03. The molecule has 0 aromatic rings. The Hall–Kier alpha value is -0.840. The Morgan fingerprint density at radius 3 is 0.737 bits per heavy atom. The molecule has 0 radical (unpaired) electrons. The predicted octanol–water partition coefficient (Wildman–Crippen LogP) is -6.03. The van der Waals surface area contributed by atoms with Gasteiger partial charge >= 0.3 is 25.8 Å². The van der Waals surface area contributed by atoms with Crippen LogP contribution in [0.4, 0.5) is 0 Å². The quantitative estimate of drug-likeness (QED) is 0.428. The molecular formula is C9H15InO9. The van der Waals surface area contributed by atoms with Gasteiger partial charge in [0.2, 0.25) is 0 Å². The molecule has 3 N–H and O–H groups in total. The van der Waals surface area contributed by atoms with E-state index < -0.39 is 36.2 Å². The molecule has 0 spiro atoms. The predicted molar refractivity (Wildman–Crippen MR) is 55.8 cm³/mol. The standard InChI is InChI=1S/3C3H6O3.In/c3*1-2(4)3(5)6;/h3*2,4H,1H3,(H,5,6);/q;;;+3/p-3. The second-order valence-corrected chi connectivity index (χ2v) is 2.99. The number of rotatable bonds is 3.